The van der Waals surface area contributed by atoms with Gasteiger partial charge in [0.15, 0.2) is 11.5 Å². The summed E-state index contributed by atoms with van der Waals surface area (Å²) < 4.78 is 0. The van der Waals surface area contributed by atoms with Gasteiger partial charge in [0.1, 0.15) is 17.7 Å². The molecule has 1 amide bonds. The third-order valence-electron chi connectivity index (χ3n) is 1.19. The van der Waals surface area contributed by atoms with Gasteiger partial charge in [-0.05, 0) is 0 Å². The average Bonchev–Trinajstić information content (AvgIpc) is 2.47. The van der Waals surface area contributed by atoms with E-state index < -0.39 is 0 Å². The van der Waals surface area contributed by atoms with Crippen molar-refractivity contribution in [3.05, 3.63) is 11.3 Å². The number of carbonyl (C=O) groups is 1. The molecule has 0 atom stereocenters. The van der Waals surface area contributed by atoms with Crippen molar-refractivity contribution in [2.45, 2.75) is 0 Å². The molecular formula is C6H3N5O. The standard InChI is InChI=1S/C6H3N5O/c7-1-4-5(2-8)10-11-6(4)9-3-12/h3H,(H2,9,10,11,12). The molecule has 58 valence electrons. The molecule has 6 nitrogen and oxygen atoms in total. The number of nitrogens with zero attached hydrogens (tertiary/aromatic N) is 3. The number of nitrogens with one attached hydrogen (secondary N) is 2. The number of nitriles is 2. The van der Waals surface area contributed by atoms with Crippen LogP contribution in [0.5, 0.6) is 0 Å². The van der Waals surface area contributed by atoms with Crippen LogP contribution in [0.15, 0.2) is 0 Å². The van der Waals surface area contributed by atoms with E-state index in [-0.39, 0.29) is 17.1 Å². The third kappa shape index (κ3) is 1.09. The van der Waals surface area contributed by atoms with Crippen LogP contribution in [0.4, 0.5) is 5.82 Å². The van der Waals surface area contributed by atoms with Crippen LogP contribution in [-0.4, -0.2) is 16.6 Å². The summed E-state index contributed by atoms with van der Waals surface area (Å²) in [6.45, 7) is 0. The molecule has 2 N–H and O–H groups in total. The molecule has 0 aliphatic rings. The second-order valence-electron chi connectivity index (χ2n) is 1.81. The molecular weight excluding hydrogens is 158 g/mol. The smallest absolute Gasteiger partial charge is 0.212 e. The number of aromatic amines is 1. The molecule has 0 aliphatic carbocycles. The fourth-order valence-electron chi connectivity index (χ4n) is 0.692. The monoisotopic (exact) mass is 161 g/mol. The minimum atomic E-state index is 0.0434. The molecule has 0 saturated carbocycles. The predicted molar refractivity (Wildman–Crippen MR) is 37.7 cm³/mol. The van der Waals surface area contributed by atoms with Gasteiger partial charge in [0.05, 0.1) is 0 Å². The van der Waals surface area contributed by atoms with Crippen molar-refractivity contribution in [1.29, 1.82) is 10.5 Å². The highest BCUT2D eigenvalue weighted by atomic mass is 16.1. The van der Waals surface area contributed by atoms with Gasteiger partial charge < -0.3 is 5.32 Å². The Labute approximate surface area is 67.4 Å². The summed E-state index contributed by atoms with van der Waals surface area (Å²) >= 11 is 0. The van der Waals surface area contributed by atoms with E-state index in [1.807, 2.05) is 0 Å². The largest absolute Gasteiger partial charge is 0.311 e. The van der Waals surface area contributed by atoms with Crippen LogP contribution in [-0.2, 0) is 4.79 Å². The number of amides is 1. The van der Waals surface area contributed by atoms with Gasteiger partial charge in [0.2, 0.25) is 6.41 Å². The molecule has 6 heteroatoms. The zero-order valence-electron chi connectivity index (χ0n) is 5.83. The molecule has 12 heavy (non-hydrogen) atoms. The van der Waals surface area contributed by atoms with Gasteiger partial charge in [0.25, 0.3) is 0 Å². The van der Waals surface area contributed by atoms with Gasteiger partial charge in [0, 0.05) is 0 Å². The number of rotatable bonds is 2. The summed E-state index contributed by atoms with van der Waals surface area (Å²) in [5, 5.41) is 25.0. The average molecular weight is 161 g/mol. The van der Waals surface area contributed by atoms with Crippen molar-refractivity contribution in [1.82, 2.24) is 10.2 Å². The van der Waals surface area contributed by atoms with E-state index in [2.05, 4.69) is 15.5 Å². The molecule has 1 rings (SSSR count). The molecule has 0 unspecified atom stereocenters. The number of hydrogen-bond acceptors (Lipinski definition) is 4. The highest BCUT2D eigenvalue weighted by Gasteiger charge is 2.10. The van der Waals surface area contributed by atoms with Crippen LogP contribution < -0.4 is 5.32 Å². The first kappa shape index (κ1) is 7.76. The number of carbonyl (C=O) groups excluding carboxylic acids is 1. The van der Waals surface area contributed by atoms with Crippen LogP contribution >= 0.6 is 0 Å². The maximum Gasteiger partial charge on any atom is 0.212 e. The second-order valence-corrected chi connectivity index (χ2v) is 1.81. The first-order chi connectivity index (χ1) is 5.83. The molecule has 1 aromatic rings. The molecule has 0 bridgehead atoms. The van der Waals surface area contributed by atoms with Crippen molar-refractivity contribution in [2.75, 3.05) is 5.32 Å². The molecule has 0 fully saturated rings. The molecule has 0 radical (unpaired) electrons. The summed E-state index contributed by atoms with van der Waals surface area (Å²) in [4.78, 5) is 9.98. The molecule has 1 heterocycles. The zero-order chi connectivity index (χ0) is 8.97. The summed E-state index contributed by atoms with van der Waals surface area (Å²) in [6.07, 6.45) is 0.387. The Kier molecular flexibility index (Phi) is 2.05. The highest BCUT2D eigenvalue weighted by molar-refractivity contribution is 5.73. The van der Waals surface area contributed by atoms with Gasteiger partial charge in [-0.25, -0.2) is 0 Å². The minimum absolute atomic E-state index is 0.0434. The fourth-order valence-corrected chi connectivity index (χ4v) is 0.692. The Hall–Kier alpha value is -2.34. The SMILES string of the molecule is N#Cc1[nH]nc(NC=O)c1C#N. The highest BCUT2D eigenvalue weighted by Crippen LogP contribution is 2.12. The van der Waals surface area contributed by atoms with E-state index in [4.69, 9.17) is 10.5 Å². The Morgan fingerprint density at radius 2 is 2.25 bits per heavy atom. The normalized spacial score (nSPS) is 8.17. The lowest BCUT2D eigenvalue weighted by Gasteiger charge is -1.88. The van der Waals surface area contributed by atoms with Gasteiger partial charge in [-0.2, -0.15) is 15.6 Å². The van der Waals surface area contributed by atoms with Crippen LogP contribution in [0.2, 0.25) is 0 Å². The van der Waals surface area contributed by atoms with E-state index >= 15 is 0 Å². The number of hydrogen-bond donors (Lipinski definition) is 2. The number of aromatic nitrogens is 2. The van der Waals surface area contributed by atoms with Crippen LogP contribution in [0, 0.1) is 22.7 Å². The van der Waals surface area contributed by atoms with Crippen molar-refractivity contribution >= 4 is 12.2 Å². The summed E-state index contributed by atoms with van der Waals surface area (Å²) in [7, 11) is 0. The number of H-pyrrole nitrogens is 1. The second kappa shape index (κ2) is 3.17. The summed E-state index contributed by atoms with van der Waals surface area (Å²) in [5.41, 5.74) is 0.0893. The molecule has 0 spiro atoms. The third-order valence-corrected chi connectivity index (χ3v) is 1.19. The maximum atomic E-state index is 9.98. The lowest BCUT2D eigenvalue weighted by atomic mass is 10.2. The maximum absolute atomic E-state index is 9.98. The molecule has 0 saturated heterocycles. The quantitative estimate of drug-likeness (QED) is 0.582. The molecule has 0 aliphatic heterocycles. The van der Waals surface area contributed by atoms with E-state index in [0.29, 0.717) is 6.41 Å². The van der Waals surface area contributed by atoms with Crippen LogP contribution in [0.25, 0.3) is 0 Å². The Morgan fingerprint density at radius 1 is 1.50 bits per heavy atom. The zero-order valence-corrected chi connectivity index (χ0v) is 5.83. The predicted octanol–water partition coefficient (Wildman–Crippen LogP) is -0.279. The first-order valence-corrected chi connectivity index (χ1v) is 2.92. The van der Waals surface area contributed by atoms with Crippen molar-refractivity contribution in [3.63, 3.8) is 0 Å². The number of anilines is 1. The lowest BCUT2D eigenvalue weighted by Crippen LogP contribution is -1.95. The molecule has 0 aromatic carbocycles. The lowest BCUT2D eigenvalue weighted by molar-refractivity contribution is -0.105. The van der Waals surface area contributed by atoms with E-state index in [1.54, 1.807) is 12.1 Å². The first-order valence-electron chi connectivity index (χ1n) is 2.92. The van der Waals surface area contributed by atoms with Gasteiger partial charge >= 0.3 is 0 Å². The van der Waals surface area contributed by atoms with Crippen molar-refractivity contribution < 1.29 is 4.79 Å². The van der Waals surface area contributed by atoms with Crippen molar-refractivity contribution in [2.24, 2.45) is 0 Å². The molecule has 1 aromatic heterocycles. The summed E-state index contributed by atoms with van der Waals surface area (Å²) in [5.74, 6) is 0.0732. The van der Waals surface area contributed by atoms with Gasteiger partial charge in [-0.15, -0.1) is 0 Å². The van der Waals surface area contributed by atoms with E-state index in [1.165, 1.54) is 0 Å². The van der Waals surface area contributed by atoms with Crippen molar-refractivity contribution in [3.8, 4) is 12.1 Å². The van der Waals surface area contributed by atoms with Crippen LogP contribution in [0.3, 0.4) is 0 Å². The Morgan fingerprint density at radius 3 is 2.75 bits per heavy atom. The Balaban J connectivity index is 3.17. The topological polar surface area (TPSA) is 105 Å². The van der Waals surface area contributed by atoms with E-state index in [0.717, 1.165) is 0 Å². The van der Waals surface area contributed by atoms with Crippen LogP contribution in [0.1, 0.15) is 11.3 Å². The van der Waals surface area contributed by atoms with Gasteiger partial charge in [-0.3, -0.25) is 9.89 Å². The van der Waals surface area contributed by atoms with E-state index in [9.17, 15) is 4.79 Å². The fraction of sp³-hybridized carbons (Fsp3) is 0. The Bertz CT molecular complexity index is 380. The minimum Gasteiger partial charge on any atom is -0.311 e. The van der Waals surface area contributed by atoms with Gasteiger partial charge in [-0.1, -0.05) is 0 Å². The summed E-state index contributed by atoms with van der Waals surface area (Å²) in [6, 6.07) is 3.47.